The SMILES string of the molecule is CCCCCC(=O)C(N)CCC. The molecular weight excluding hydrogens is 150 g/mol. The summed E-state index contributed by atoms with van der Waals surface area (Å²) in [6, 6.07) is -0.202. The van der Waals surface area contributed by atoms with Crippen molar-refractivity contribution in [1.29, 1.82) is 0 Å². The van der Waals surface area contributed by atoms with Crippen LogP contribution in [0.1, 0.15) is 52.4 Å². The van der Waals surface area contributed by atoms with Crippen molar-refractivity contribution < 1.29 is 4.79 Å². The van der Waals surface area contributed by atoms with E-state index >= 15 is 0 Å². The van der Waals surface area contributed by atoms with E-state index in [2.05, 4.69) is 13.8 Å². The minimum atomic E-state index is -0.202. The van der Waals surface area contributed by atoms with Crippen LogP contribution in [0.4, 0.5) is 0 Å². The van der Waals surface area contributed by atoms with Crippen molar-refractivity contribution in [3.05, 3.63) is 0 Å². The van der Waals surface area contributed by atoms with Gasteiger partial charge < -0.3 is 5.73 Å². The quantitative estimate of drug-likeness (QED) is 0.597. The van der Waals surface area contributed by atoms with Crippen molar-refractivity contribution in [1.82, 2.24) is 0 Å². The lowest BCUT2D eigenvalue weighted by Gasteiger charge is -2.07. The van der Waals surface area contributed by atoms with E-state index in [0.717, 1.165) is 32.1 Å². The Morgan fingerprint density at radius 1 is 1.25 bits per heavy atom. The summed E-state index contributed by atoms with van der Waals surface area (Å²) in [5.41, 5.74) is 5.66. The number of carbonyl (C=O) groups excluding carboxylic acids is 1. The van der Waals surface area contributed by atoms with Gasteiger partial charge in [-0.2, -0.15) is 0 Å². The molecule has 0 heterocycles. The summed E-state index contributed by atoms with van der Waals surface area (Å²) in [5, 5.41) is 0. The Kier molecular flexibility index (Phi) is 7.06. The average Bonchev–Trinajstić information content (AvgIpc) is 2.05. The highest BCUT2D eigenvalue weighted by atomic mass is 16.1. The summed E-state index contributed by atoms with van der Waals surface area (Å²) in [7, 11) is 0. The highest BCUT2D eigenvalue weighted by Gasteiger charge is 2.10. The summed E-state index contributed by atoms with van der Waals surface area (Å²) in [6.45, 7) is 4.19. The second kappa shape index (κ2) is 7.29. The largest absolute Gasteiger partial charge is 0.322 e. The Labute approximate surface area is 75.5 Å². The number of Topliss-reactive ketones (excluding diaryl/α,β-unsaturated/α-hetero) is 1. The van der Waals surface area contributed by atoms with Crippen LogP contribution in [0.15, 0.2) is 0 Å². The van der Waals surface area contributed by atoms with Gasteiger partial charge in [0.2, 0.25) is 0 Å². The molecule has 0 aliphatic rings. The zero-order chi connectivity index (χ0) is 9.40. The van der Waals surface area contributed by atoms with Crippen LogP contribution in [0.25, 0.3) is 0 Å². The predicted octanol–water partition coefficient (Wildman–Crippen LogP) is 2.26. The van der Waals surface area contributed by atoms with Crippen LogP contribution >= 0.6 is 0 Å². The number of hydrogen-bond acceptors (Lipinski definition) is 2. The fourth-order valence-corrected chi connectivity index (χ4v) is 1.21. The van der Waals surface area contributed by atoms with E-state index in [1.165, 1.54) is 0 Å². The molecule has 2 heteroatoms. The van der Waals surface area contributed by atoms with Gasteiger partial charge in [0.25, 0.3) is 0 Å². The fourth-order valence-electron chi connectivity index (χ4n) is 1.21. The molecule has 0 radical (unpaired) electrons. The van der Waals surface area contributed by atoms with Crippen LogP contribution in [-0.2, 0) is 4.79 Å². The molecule has 0 bridgehead atoms. The molecule has 0 aliphatic carbocycles. The fraction of sp³-hybridized carbons (Fsp3) is 0.900. The minimum absolute atomic E-state index is 0.202. The van der Waals surface area contributed by atoms with Crippen molar-refractivity contribution in [2.45, 2.75) is 58.4 Å². The van der Waals surface area contributed by atoms with E-state index < -0.39 is 0 Å². The summed E-state index contributed by atoms with van der Waals surface area (Å²) in [5.74, 6) is 0.241. The van der Waals surface area contributed by atoms with Gasteiger partial charge in [-0.15, -0.1) is 0 Å². The molecule has 0 aliphatic heterocycles. The third kappa shape index (κ3) is 5.30. The number of unbranched alkanes of at least 4 members (excludes halogenated alkanes) is 2. The Morgan fingerprint density at radius 2 is 1.92 bits per heavy atom. The Morgan fingerprint density at radius 3 is 2.42 bits per heavy atom. The summed E-state index contributed by atoms with van der Waals surface area (Å²) < 4.78 is 0. The Hall–Kier alpha value is -0.370. The first-order valence-corrected chi connectivity index (χ1v) is 5.00. The second-order valence-corrected chi connectivity index (χ2v) is 3.32. The molecule has 1 unspecified atom stereocenters. The van der Waals surface area contributed by atoms with Gasteiger partial charge in [0.15, 0.2) is 0 Å². The van der Waals surface area contributed by atoms with Gasteiger partial charge >= 0.3 is 0 Å². The molecule has 0 aromatic heterocycles. The van der Waals surface area contributed by atoms with Crippen molar-refractivity contribution in [2.24, 2.45) is 5.73 Å². The molecule has 0 rings (SSSR count). The van der Waals surface area contributed by atoms with E-state index in [1.807, 2.05) is 0 Å². The van der Waals surface area contributed by atoms with Gasteiger partial charge in [-0.05, 0) is 12.8 Å². The lowest BCUT2D eigenvalue weighted by atomic mass is 10.0. The zero-order valence-electron chi connectivity index (χ0n) is 8.31. The van der Waals surface area contributed by atoms with Crippen LogP contribution in [0.5, 0.6) is 0 Å². The first kappa shape index (κ1) is 11.6. The van der Waals surface area contributed by atoms with Crippen molar-refractivity contribution >= 4 is 5.78 Å². The van der Waals surface area contributed by atoms with Crippen LogP contribution in [0.3, 0.4) is 0 Å². The molecule has 2 N–H and O–H groups in total. The first-order chi connectivity index (χ1) is 5.72. The topological polar surface area (TPSA) is 43.1 Å². The van der Waals surface area contributed by atoms with Crippen LogP contribution < -0.4 is 5.73 Å². The number of carbonyl (C=O) groups is 1. The first-order valence-electron chi connectivity index (χ1n) is 5.00. The van der Waals surface area contributed by atoms with E-state index in [1.54, 1.807) is 0 Å². The van der Waals surface area contributed by atoms with Crippen LogP contribution in [0, 0.1) is 0 Å². The highest BCUT2D eigenvalue weighted by molar-refractivity contribution is 5.83. The predicted molar refractivity (Wildman–Crippen MR) is 52.0 cm³/mol. The van der Waals surface area contributed by atoms with Crippen LogP contribution in [-0.4, -0.2) is 11.8 Å². The lowest BCUT2D eigenvalue weighted by molar-refractivity contribution is -0.120. The lowest BCUT2D eigenvalue weighted by Crippen LogP contribution is -2.29. The van der Waals surface area contributed by atoms with E-state index in [4.69, 9.17) is 5.73 Å². The molecule has 0 fully saturated rings. The molecule has 0 aromatic carbocycles. The molecular formula is C10H21NO. The van der Waals surface area contributed by atoms with Gasteiger partial charge in [0.1, 0.15) is 5.78 Å². The minimum Gasteiger partial charge on any atom is -0.322 e. The standard InChI is InChI=1S/C10H21NO/c1-3-5-6-8-10(12)9(11)7-4-2/h9H,3-8,11H2,1-2H3. The van der Waals surface area contributed by atoms with Gasteiger partial charge in [0.05, 0.1) is 6.04 Å². The molecule has 12 heavy (non-hydrogen) atoms. The Bertz CT molecular complexity index is 123. The number of nitrogens with two attached hydrogens (primary N) is 1. The third-order valence-electron chi connectivity index (χ3n) is 2.04. The average molecular weight is 171 g/mol. The molecule has 72 valence electrons. The third-order valence-corrected chi connectivity index (χ3v) is 2.04. The second-order valence-electron chi connectivity index (χ2n) is 3.32. The van der Waals surface area contributed by atoms with E-state index in [9.17, 15) is 4.79 Å². The maximum atomic E-state index is 11.3. The number of ketones is 1. The number of rotatable bonds is 7. The molecule has 0 saturated carbocycles. The summed E-state index contributed by atoms with van der Waals surface area (Å²) in [6.07, 6.45) is 5.83. The van der Waals surface area contributed by atoms with E-state index in [0.29, 0.717) is 6.42 Å². The molecule has 1 atom stereocenters. The normalized spacial score (nSPS) is 12.9. The van der Waals surface area contributed by atoms with Gasteiger partial charge in [-0.1, -0.05) is 33.1 Å². The van der Waals surface area contributed by atoms with Gasteiger partial charge in [-0.25, -0.2) is 0 Å². The van der Waals surface area contributed by atoms with Gasteiger partial charge in [0, 0.05) is 6.42 Å². The molecule has 0 amide bonds. The Balaban J connectivity index is 3.43. The van der Waals surface area contributed by atoms with Crippen molar-refractivity contribution in [3.63, 3.8) is 0 Å². The van der Waals surface area contributed by atoms with Crippen molar-refractivity contribution in [3.8, 4) is 0 Å². The van der Waals surface area contributed by atoms with Gasteiger partial charge in [-0.3, -0.25) is 4.79 Å². The molecule has 0 spiro atoms. The summed E-state index contributed by atoms with van der Waals surface area (Å²) in [4.78, 5) is 11.3. The molecule has 2 nitrogen and oxygen atoms in total. The van der Waals surface area contributed by atoms with E-state index in [-0.39, 0.29) is 11.8 Å². The summed E-state index contributed by atoms with van der Waals surface area (Å²) >= 11 is 0. The number of hydrogen-bond donors (Lipinski definition) is 1. The highest BCUT2D eigenvalue weighted by Crippen LogP contribution is 2.04. The smallest absolute Gasteiger partial charge is 0.149 e. The van der Waals surface area contributed by atoms with Crippen LogP contribution in [0.2, 0.25) is 0 Å². The molecule has 0 saturated heterocycles. The molecule has 0 aromatic rings. The van der Waals surface area contributed by atoms with Crippen molar-refractivity contribution in [2.75, 3.05) is 0 Å². The zero-order valence-corrected chi connectivity index (χ0v) is 8.31. The maximum absolute atomic E-state index is 11.3. The monoisotopic (exact) mass is 171 g/mol. The maximum Gasteiger partial charge on any atom is 0.149 e.